The van der Waals surface area contributed by atoms with Crippen LogP contribution in [0.1, 0.15) is 19.8 Å². The second-order valence-corrected chi connectivity index (χ2v) is 6.60. The number of rotatable bonds is 7. The fourth-order valence-electron chi connectivity index (χ4n) is 1.98. The van der Waals surface area contributed by atoms with Crippen molar-refractivity contribution in [1.29, 1.82) is 0 Å². The predicted octanol–water partition coefficient (Wildman–Crippen LogP) is 4.81. The highest BCUT2D eigenvalue weighted by Gasteiger charge is 2.06. The van der Waals surface area contributed by atoms with E-state index in [1.165, 1.54) is 11.8 Å². The molecule has 0 saturated carbocycles. The summed E-state index contributed by atoms with van der Waals surface area (Å²) in [5, 5.41) is 6.13. The number of thioether (sulfide) groups is 1. The van der Waals surface area contributed by atoms with E-state index in [1.54, 1.807) is 12.1 Å². The molecule has 0 heterocycles. The smallest absolute Gasteiger partial charge is 0.234 e. The van der Waals surface area contributed by atoms with Crippen molar-refractivity contribution < 1.29 is 9.59 Å². The molecule has 24 heavy (non-hydrogen) atoms. The molecule has 126 valence electrons. The molecule has 2 rings (SSSR count). The fraction of sp³-hybridized carbons (Fsp3) is 0.222. The van der Waals surface area contributed by atoms with Gasteiger partial charge in [-0.15, -0.1) is 11.8 Å². The Morgan fingerprint density at radius 3 is 2.38 bits per heavy atom. The van der Waals surface area contributed by atoms with Crippen molar-refractivity contribution in [1.82, 2.24) is 0 Å². The lowest BCUT2D eigenvalue weighted by Crippen LogP contribution is -2.14. The Labute approximate surface area is 151 Å². The van der Waals surface area contributed by atoms with Gasteiger partial charge in [0.25, 0.3) is 0 Å². The van der Waals surface area contributed by atoms with Crippen LogP contribution in [0.5, 0.6) is 0 Å². The van der Waals surface area contributed by atoms with Crippen LogP contribution in [-0.2, 0) is 9.59 Å². The molecule has 0 aliphatic rings. The Balaban J connectivity index is 1.82. The van der Waals surface area contributed by atoms with Gasteiger partial charge < -0.3 is 10.6 Å². The molecular weight excluding hydrogens is 344 g/mol. The number of benzene rings is 2. The van der Waals surface area contributed by atoms with Gasteiger partial charge in [0.05, 0.1) is 16.5 Å². The zero-order valence-corrected chi connectivity index (χ0v) is 14.9. The second kappa shape index (κ2) is 9.35. The number of amides is 2. The van der Waals surface area contributed by atoms with Crippen LogP contribution in [0.3, 0.4) is 0 Å². The van der Waals surface area contributed by atoms with E-state index in [0.717, 1.165) is 17.0 Å². The zero-order chi connectivity index (χ0) is 17.4. The van der Waals surface area contributed by atoms with Crippen molar-refractivity contribution in [2.75, 3.05) is 16.4 Å². The van der Waals surface area contributed by atoms with Gasteiger partial charge in [0.2, 0.25) is 11.8 Å². The summed E-state index contributed by atoms with van der Waals surface area (Å²) in [6.45, 7) is 1.97. The third kappa shape index (κ3) is 5.91. The summed E-state index contributed by atoms with van der Waals surface area (Å²) in [6.07, 6.45) is 1.33. The van der Waals surface area contributed by atoms with E-state index in [2.05, 4.69) is 10.6 Å². The van der Waals surface area contributed by atoms with E-state index in [9.17, 15) is 9.59 Å². The second-order valence-electron chi connectivity index (χ2n) is 5.14. The highest BCUT2D eigenvalue weighted by molar-refractivity contribution is 8.00. The van der Waals surface area contributed by atoms with Crippen molar-refractivity contribution >= 4 is 46.6 Å². The zero-order valence-electron chi connectivity index (χ0n) is 13.3. The molecule has 0 radical (unpaired) electrons. The van der Waals surface area contributed by atoms with Crippen LogP contribution in [0, 0.1) is 0 Å². The lowest BCUT2D eigenvalue weighted by atomic mass is 10.3. The minimum atomic E-state index is -0.117. The molecule has 0 aliphatic heterocycles. The summed E-state index contributed by atoms with van der Waals surface area (Å²) in [5.41, 5.74) is 1.37. The van der Waals surface area contributed by atoms with E-state index in [1.807, 2.05) is 43.3 Å². The summed E-state index contributed by atoms with van der Waals surface area (Å²) >= 11 is 7.43. The van der Waals surface area contributed by atoms with Gasteiger partial charge in [0.1, 0.15) is 0 Å². The van der Waals surface area contributed by atoms with Crippen molar-refractivity contribution in [2.24, 2.45) is 0 Å². The standard InChI is InChI=1S/C18H19ClN2O2S/c1-2-5-17(22)20-13-8-10-14(11-9-13)24-12-18(23)21-16-7-4-3-6-15(16)19/h3-4,6-11H,2,5,12H2,1H3,(H,20,22)(H,21,23). The first-order valence-electron chi connectivity index (χ1n) is 7.65. The summed E-state index contributed by atoms with van der Waals surface area (Å²) in [6, 6.07) is 14.6. The SMILES string of the molecule is CCCC(=O)Nc1ccc(SCC(=O)Nc2ccccc2Cl)cc1. The first kappa shape index (κ1) is 18.4. The Kier molecular flexibility index (Phi) is 7.15. The maximum absolute atomic E-state index is 12.0. The molecule has 6 heteroatoms. The van der Waals surface area contributed by atoms with Gasteiger partial charge in [0.15, 0.2) is 0 Å². The van der Waals surface area contributed by atoms with Crippen LogP contribution >= 0.6 is 23.4 Å². The maximum atomic E-state index is 12.0. The van der Waals surface area contributed by atoms with Gasteiger partial charge in [-0.2, -0.15) is 0 Å². The molecule has 2 aromatic rings. The molecule has 0 bridgehead atoms. The summed E-state index contributed by atoms with van der Waals surface area (Å²) < 4.78 is 0. The van der Waals surface area contributed by atoms with E-state index >= 15 is 0 Å². The minimum Gasteiger partial charge on any atom is -0.326 e. The molecule has 0 spiro atoms. The van der Waals surface area contributed by atoms with E-state index in [4.69, 9.17) is 11.6 Å². The van der Waals surface area contributed by atoms with Crippen LogP contribution in [0.15, 0.2) is 53.4 Å². The van der Waals surface area contributed by atoms with Gasteiger partial charge in [-0.3, -0.25) is 9.59 Å². The molecule has 0 saturated heterocycles. The molecule has 4 nitrogen and oxygen atoms in total. The number of hydrogen-bond acceptors (Lipinski definition) is 3. The Hall–Kier alpha value is -1.98. The van der Waals surface area contributed by atoms with Crippen LogP contribution in [0.2, 0.25) is 5.02 Å². The highest BCUT2D eigenvalue weighted by Crippen LogP contribution is 2.23. The molecule has 2 aromatic carbocycles. The molecule has 2 amide bonds. The molecular formula is C18H19ClN2O2S. The molecule has 0 unspecified atom stereocenters. The van der Waals surface area contributed by atoms with E-state index < -0.39 is 0 Å². The monoisotopic (exact) mass is 362 g/mol. The number of hydrogen-bond donors (Lipinski definition) is 2. The number of nitrogens with one attached hydrogen (secondary N) is 2. The summed E-state index contributed by atoms with van der Waals surface area (Å²) in [4.78, 5) is 24.5. The first-order valence-corrected chi connectivity index (χ1v) is 9.02. The Morgan fingerprint density at radius 1 is 1.00 bits per heavy atom. The van der Waals surface area contributed by atoms with Gasteiger partial charge in [-0.25, -0.2) is 0 Å². The van der Waals surface area contributed by atoms with Gasteiger partial charge in [-0.05, 0) is 42.8 Å². The van der Waals surface area contributed by atoms with Gasteiger partial charge in [-0.1, -0.05) is 30.7 Å². The normalized spacial score (nSPS) is 10.2. The molecule has 0 aliphatic carbocycles. The van der Waals surface area contributed by atoms with Crippen LogP contribution in [0.25, 0.3) is 0 Å². The number of para-hydroxylation sites is 1. The van der Waals surface area contributed by atoms with Gasteiger partial charge in [0, 0.05) is 17.0 Å². The lowest BCUT2D eigenvalue weighted by Gasteiger charge is -2.08. The first-order chi connectivity index (χ1) is 11.6. The Bertz CT molecular complexity index is 704. The van der Waals surface area contributed by atoms with Crippen molar-refractivity contribution in [2.45, 2.75) is 24.7 Å². The predicted molar refractivity (Wildman–Crippen MR) is 101 cm³/mol. The third-order valence-corrected chi connectivity index (χ3v) is 4.47. The summed E-state index contributed by atoms with van der Waals surface area (Å²) in [5.74, 6) is 0.178. The molecule has 0 atom stereocenters. The quantitative estimate of drug-likeness (QED) is 0.695. The molecule has 2 N–H and O–H groups in total. The maximum Gasteiger partial charge on any atom is 0.234 e. The van der Waals surface area contributed by atoms with Crippen LogP contribution < -0.4 is 10.6 Å². The van der Waals surface area contributed by atoms with Gasteiger partial charge >= 0.3 is 0 Å². The number of carbonyl (C=O) groups is 2. The summed E-state index contributed by atoms with van der Waals surface area (Å²) in [7, 11) is 0. The van der Waals surface area contributed by atoms with E-state index in [-0.39, 0.29) is 17.6 Å². The number of carbonyl (C=O) groups excluding carboxylic acids is 2. The minimum absolute atomic E-state index is 0.0111. The fourth-order valence-corrected chi connectivity index (χ4v) is 2.86. The topological polar surface area (TPSA) is 58.2 Å². The number of anilines is 2. The highest BCUT2D eigenvalue weighted by atomic mass is 35.5. The molecule has 0 aromatic heterocycles. The molecule has 0 fully saturated rings. The number of halogens is 1. The van der Waals surface area contributed by atoms with Crippen molar-refractivity contribution in [3.8, 4) is 0 Å². The van der Waals surface area contributed by atoms with Crippen molar-refractivity contribution in [3.05, 3.63) is 53.6 Å². The van der Waals surface area contributed by atoms with Crippen molar-refractivity contribution in [3.63, 3.8) is 0 Å². The van der Waals surface area contributed by atoms with Crippen LogP contribution in [0.4, 0.5) is 11.4 Å². The average molecular weight is 363 g/mol. The third-order valence-electron chi connectivity index (χ3n) is 3.13. The average Bonchev–Trinajstić information content (AvgIpc) is 2.56. The lowest BCUT2D eigenvalue weighted by molar-refractivity contribution is -0.116. The largest absolute Gasteiger partial charge is 0.326 e. The van der Waals surface area contributed by atoms with E-state index in [0.29, 0.717) is 17.1 Å². The Morgan fingerprint density at radius 2 is 1.71 bits per heavy atom. The van der Waals surface area contributed by atoms with Crippen LogP contribution in [-0.4, -0.2) is 17.6 Å².